The summed E-state index contributed by atoms with van der Waals surface area (Å²) in [7, 11) is 0. The number of carbonyl (C=O) groups excluding carboxylic acids is 2. The lowest BCUT2D eigenvalue weighted by atomic mass is 10.2. The fraction of sp³-hybridized carbons (Fsp3) is 0.444. The van der Waals surface area contributed by atoms with E-state index in [4.69, 9.17) is 11.5 Å². The number of hydrogen-bond acceptors (Lipinski definition) is 4. The molecule has 0 radical (unpaired) electrons. The molecule has 1 rings (SSSR count). The molecule has 7 nitrogen and oxygen atoms in total. The Labute approximate surface area is 92.8 Å². The van der Waals surface area contributed by atoms with Crippen molar-refractivity contribution in [3.63, 3.8) is 0 Å². The third kappa shape index (κ3) is 4.09. The van der Waals surface area contributed by atoms with Crippen molar-refractivity contribution < 1.29 is 9.59 Å². The van der Waals surface area contributed by atoms with Gasteiger partial charge in [-0.05, 0) is 0 Å². The van der Waals surface area contributed by atoms with Crippen molar-refractivity contribution in [3.8, 4) is 0 Å². The lowest BCUT2D eigenvalue weighted by molar-refractivity contribution is -0.126. The predicted octanol–water partition coefficient (Wildman–Crippen LogP) is -1.80. The van der Waals surface area contributed by atoms with Gasteiger partial charge in [0.25, 0.3) is 0 Å². The summed E-state index contributed by atoms with van der Waals surface area (Å²) in [6, 6.07) is -0.875. The normalized spacial score (nSPS) is 12.1. The van der Waals surface area contributed by atoms with Crippen LogP contribution in [0.15, 0.2) is 18.7 Å². The van der Waals surface area contributed by atoms with Crippen molar-refractivity contribution in [1.82, 2.24) is 14.9 Å². The van der Waals surface area contributed by atoms with Crippen LogP contribution in [0.25, 0.3) is 0 Å². The van der Waals surface area contributed by atoms with Gasteiger partial charge < -0.3 is 21.4 Å². The minimum absolute atomic E-state index is 0.142. The standard InChI is InChI=1S/C9H15N5O2/c10-7(5-8(11)15)9(16)13-2-4-14-3-1-12-6-14/h1,3,6-7H,2,4-5,10H2,(H2,11,15)(H,13,16). The van der Waals surface area contributed by atoms with Crippen LogP contribution in [-0.2, 0) is 16.1 Å². The van der Waals surface area contributed by atoms with Gasteiger partial charge in [0, 0.05) is 25.5 Å². The lowest BCUT2D eigenvalue weighted by Crippen LogP contribution is -2.43. The molecule has 1 unspecified atom stereocenters. The van der Waals surface area contributed by atoms with Gasteiger partial charge in [0.05, 0.1) is 18.8 Å². The van der Waals surface area contributed by atoms with Crippen molar-refractivity contribution in [3.05, 3.63) is 18.7 Å². The summed E-state index contributed by atoms with van der Waals surface area (Å²) >= 11 is 0. The number of imidazole rings is 1. The Kier molecular flexibility index (Phi) is 4.46. The summed E-state index contributed by atoms with van der Waals surface area (Å²) in [5.74, 6) is -0.962. The van der Waals surface area contributed by atoms with Gasteiger partial charge >= 0.3 is 0 Å². The topological polar surface area (TPSA) is 116 Å². The number of nitrogens with zero attached hydrogens (tertiary/aromatic N) is 2. The zero-order valence-corrected chi connectivity index (χ0v) is 8.80. The second-order valence-electron chi connectivity index (χ2n) is 3.37. The average Bonchev–Trinajstić information content (AvgIpc) is 2.69. The summed E-state index contributed by atoms with van der Waals surface area (Å²) in [6.45, 7) is 1.04. The largest absolute Gasteiger partial charge is 0.370 e. The molecule has 0 saturated carbocycles. The number of amides is 2. The molecule has 88 valence electrons. The van der Waals surface area contributed by atoms with Crippen LogP contribution in [0.1, 0.15) is 6.42 Å². The van der Waals surface area contributed by atoms with E-state index in [1.165, 1.54) is 0 Å². The van der Waals surface area contributed by atoms with Crippen LogP contribution in [0, 0.1) is 0 Å². The highest BCUT2D eigenvalue weighted by atomic mass is 16.2. The van der Waals surface area contributed by atoms with Crippen LogP contribution in [0.2, 0.25) is 0 Å². The molecule has 0 spiro atoms. The quantitative estimate of drug-likeness (QED) is 0.529. The predicted molar refractivity (Wildman–Crippen MR) is 57.0 cm³/mol. The van der Waals surface area contributed by atoms with Crippen molar-refractivity contribution in [2.45, 2.75) is 19.0 Å². The summed E-state index contributed by atoms with van der Waals surface area (Å²) in [5.41, 5.74) is 10.4. The molecule has 1 aromatic rings. The average molecular weight is 225 g/mol. The molecule has 1 aromatic heterocycles. The molecular formula is C9H15N5O2. The molecule has 0 fully saturated rings. The first-order chi connectivity index (χ1) is 7.59. The zero-order valence-electron chi connectivity index (χ0n) is 8.80. The number of primary amides is 1. The fourth-order valence-corrected chi connectivity index (χ4v) is 1.17. The number of hydrogen-bond donors (Lipinski definition) is 3. The van der Waals surface area contributed by atoms with Gasteiger partial charge in [-0.3, -0.25) is 9.59 Å². The van der Waals surface area contributed by atoms with Crippen molar-refractivity contribution in [1.29, 1.82) is 0 Å². The van der Waals surface area contributed by atoms with E-state index >= 15 is 0 Å². The minimum Gasteiger partial charge on any atom is -0.370 e. The van der Waals surface area contributed by atoms with E-state index in [1.54, 1.807) is 18.7 Å². The molecular weight excluding hydrogens is 210 g/mol. The number of carbonyl (C=O) groups is 2. The highest BCUT2D eigenvalue weighted by Gasteiger charge is 2.14. The first-order valence-corrected chi connectivity index (χ1v) is 4.87. The highest BCUT2D eigenvalue weighted by molar-refractivity contribution is 5.87. The maximum absolute atomic E-state index is 11.3. The number of nitrogens with two attached hydrogens (primary N) is 2. The van der Waals surface area contributed by atoms with E-state index < -0.39 is 11.9 Å². The number of rotatable bonds is 6. The summed E-state index contributed by atoms with van der Waals surface area (Å²) in [6.07, 6.45) is 4.95. The second-order valence-corrected chi connectivity index (χ2v) is 3.37. The fourth-order valence-electron chi connectivity index (χ4n) is 1.17. The number of nitrogens with one attached hydrogen (secondary N) is 1. The second kappa shape index (κ2) is 5.86. The van der Waals surface area contributed by atoms with Crippen LogP contribution in [-0.4, -0.2) is 34.0 Å². The summed E-state index contributed by atoms with van der Waals surface area (Å²) in [5, 5.41) is 2.61. The molecule has 0 aromatic carbocycles. The van der Waals surface area contributed by atoms with Gasteiger partial charge in [0.1, 0.15) is 0 Å². The van der Waals surface area contributed by atoms with Crippen LogP contribution < -0.4 is 16.8 Å². The van der Waals surface area contributed by atoms with Gasteiger partial charge in [-0.25, -0.2) is 4.98 Å². The van der Waals surface area contributed by atoms with Crippen LogP contribution >= 0.6 is 0 Å². The summed E-state index contributed by atoms with van der Waals surface area (Å²) < 4.78 is 1.82. The number of aromatic nitrogens is 2. The van der Waals surface area contributed by atoms with E-state index in [-0.39, 0.29) is 12.3 Å². The molecule has 0 bridgehead atoms. The SMILES string of the molecule is NC(=O)CC(N)C(=O)NCCn1ccnc1. The van der Waals surface area contributed by atoms with Gasteiger partial charge in [0.2, 0.25) is 11.8 Å². The Balaban J connectivity index is 2.22. The van der Waals surface area contributed by atoms with Gasteiger partial charge in [-0.2, -0.15) is 0 Å². The van der Waals surface area contributed by atoms with Gasteiger partial charge in [-0.15, -0.1) is 0 Å². The van der Waals surface area contributed by atoms with Gasteiger partial charge in [0.15, 0.2) is 0 Å². The third-order valence-electron chi connectivity index (χ3n) is 1.99. The van der Waals surface area contributed by atoms with E-state index in [0.29, 0.717) is 13.1 Å². The first-order valence-electron chi connectivity index (χ1n) is 4.87. The Hall–Kier alpha value is -1.89. The van der Waals surface area contributed by atoms with Crippen LogP contribution in [0.4, 0.5) is 0 Å². The third-order valence-corrected chi connectivity index (χ3v) is 1.99. The van der Waals surface area contributed by atoms with E-state index in [9.17, 15) is 9.59 Å². The maximum atomic E-state index is 11.3. The van der Waals surface area contributed by atoms with E-state index in [0.717, 1.165) is 0 Å². The molecule has 7 heteroatoms. The Bertz CT molecular complexity index is 349. The van der Waals surface area contributed by atoms with E-state index in [2.05, 4.69) is 10.3 Å². The monoisotopic (exact) mass is 225 g/mol. The molecule has 0 aliphatic rings. The molecule has 0 aliphatic heterocycles. The molecule has 0 saturated heterocycles. The van der Waals surface area contributed by atoms with Crippen molar-refractivity contribution in [2.75, 3.05) is 6.54 Å². The molecule has 16 heavy (non-hydrogen) atoms. The Morgan fingerprint density at radius 2 is 2.25 bits per heavy atom. The van der Waals surface area contributed by atoms with Gasteiger partial charge in [-0.1, -0.05) is 0 Å². The van der Waals surface area contributed by atoms with Crippen molar-refractivity contribution >= 4 is 11.8 Å². The molecule has 1 atom stereocenters. The molecule has 0 aliphatic carbocycles. The zero-order chi connectivity index (χ0) is 12.0. The highest BCUT2D eigenvalue weighted by Crippen LogP contribution is 1.88. The maximum Gasteiger partial charge on any atom is 0.237 e. The lowest BCUT2D eigenvalue weighted by Gasteiger charge is -2.10. The molecule has 5 N–H and O–H groups in total. The smallest absolute Gasteiger partial charge is 0.237 e. The molecule has 1 heterocycles. The summed E-state index contributed by atoms with van der Waals surface area (Å²) in [4.78, 5) is 25.7. The minimum atomic E-state index is -0.875. The first kappa shape index (κ1) is 12.2. The van der Waals surface area contributed by atoms with Crippen LogP contribution in [0.5, 0.6) is 0 Å². The Morgan fingerprint density at radius 1 is 1.50 bits per heavy atom. The Morgan fingerprint density at radius 3 is 2.81 bits per heavy atom. The van der Waals surface area contributed by atoms with E-state index in [1.807, 2.05) is 4.57 Å². The van der Waals surface area contributed by atoms with Crippen LogP contribution in [0.3, 0.4) is 0 Å². The molecule has 2 amide bonds. The van der Waals surface area contributed by atoms with Crippen molar-refractivity contribution in [2.24, 2.45) is 11.5 Å².